The van der Waals surface area contributed by atoms with Crippen LogP contribution in [0.3, 0.4) is 0 Å². The molecule has 2 aromatic heterocycles. The van der Waals surface area contributed by atoms with Gasteiger partial charge in [0.1, 0.15) is 5.76 Å². The first kappa shape index (κ1) is 16.1. The fraction of sp³-hybridized carbons (Fsp3) is 0.333. The molecule has 3 heterocycles. The van der Waals surface area contributed by atoms with Crippen LogP contribution < -0.4 is 0 Å². The average molecular weight is 357 g/mol. The Balaban J connectivity index is 1.63. The first-order valence-corrected chi connectivity index (χ1v) is 10.2. The highest BCUT2D eigenvalue weighted by atomic mass is 32.2. The molecule has 130 valence electrons. The summed E-state index contributed by atoms with van der Waals surface area (Å²) in [6, 6.07) is 11.2. The highest BCUT2D eigenvalue weighted by Crippen LogP contribution is 2.28. The minimum absolute atomic E-state index is 0.0896. The molecule has 1 aliphatic heterocycles. The summed E-state index contributed by atoms with van der Waals surface area (Å²) >= 11 is 0. The molecule has 0 spiro atoms. The maximum atomic E-state index is 12.6. The zero-order valence-electron chi connectivity index (χ0n) is 13.9. The molecule has 1 saturated heterocycles. The molecule has 0 amide bonds. The number of nitrogens with zero attached hydrogens (tertiary/aromatic N) is 3. The summed E-state index contributed by atoms with van der Waals surface area (Å²) < 4.78 is 27.9. The minimum Gasteiger partial charge on any atom is -0.469 e. The van der Waals surface area contributed by atoms with Crippen LogP contribution in [0, 0.1) is 0 Å². The van der Waals surface area contributed by atoms with Crippen LogP contribution in [0.2, 0.25) is 0 Å². The summed E-state index contributed by atoms with van der Waals surface area (Å²) in [5.41, 5.74) is 1.47. The average Bonchev–Trinajstić information content (AvgIpc) is 3.36. The van der Waals surface area contributed by atoms with Gasteiger partial charge in [-0.25, -0.2) is 4.21 Å². The van der Waals surface area contributed by atoms with E-state index in [-0.39, 0.29) is 5.92 Å². The van der Waals surface area contributed by atoms with Gasteiger partial charge in [0.05, 0.1) is 27.6 Å². The molecule has 1 unspecified atom stereocenters. The Bertz CT molecular complexity index is 973. The Labute approximate surface area is 146 Å². The molecular weight excluding hydrogens is 338 g/mol. The maximum absolute atomic E-state index is 12.6. The van der Waals surface area contributed by atoms with Crippen molar-refractivity contribution in [2.45, 2.75) is 25.7 Å². The van der Waals surface area contributed by atoms with Gasteiger partial charge in [0.15, 0.2) is 5.82 Å². The van der Waals surface area contributed by atoms with Crippen LogP contribution >= 0.6 is 0 Å². The SMILES string of the molecule is CC(c1noc(-c2cccc(N=S3(=O)CCCC3)c2)n1)c1ccco1. The Hall–Kier alpha value is -2.41. The smallest absolute Gasteiger partial charge is 0.258 e. The fourth-order valence-electron chi connectivity index (χ4n) is 2.93. The molecule has 0 radical (unpaired) electrons. The van der Waals surface area contributed by atoms with Gasteiger partial charge in [-0.15, -0.1) is 0 Å². The minimum atomic E-state index is -2.10. The molecule has 3 aromatic rings. The first-order chi connectivity index (χ1) is 12.1. The molecule has 0 aliphatic carbocycles. The molecule has 0 bridgehead atoms. The van der Waals surface area contributed by atoms with E-state index in [0.717, 1.165) is 24.2 Å². The maximum Gasteiger partial charge on any atom is 0.258 e. The molecular formula is C18H19N3O3S. The van der Waals surface area contributed by atoms with E-state index >= 15 is 0 Å². The van der Waals surface area contributed by atoms with Gasteiger partial charge in [-0.05, 0) is 50.1 Å². The van der Waals surface area contributed by atoms with Crippen molar-refractivity contribution in [3.05, 3.63) is 54.2 Å². The monoisotopic (exact) mass is 357 g/mol. The lowest BCUT2D eigenvalue weighted by Crippen LogP contribution is -1.99. The molecule has 1 aliphatic rings. The van der Waals surface area contributed by atoms with Crippen LogP contribution in [0.4, 0.5) is 5.69 Å². The summed E-state index contributed by atoms with van der Waals surface area (Å²) in [4.78, 5) is 4.48. The third-order valence-electron chi connectivity index (χ3n) is 4.34. The van der Waals surface area contributed by atoms with Crippen molar-refractivity contribution < 1.29 is 13.1 Å². The van der Waals surface area contributed by atoms with Crippen LogP contribution in [-0.4, -0.2) is 25.9 Å². The first-order valence-electron chi connectivity index (χ1n) is 8.33. The second-order valence-electron chi connectivity index (χ2n) is 6.22. The molecule has 1 aromatic carbocycles. The number of furan rings is 1. The van der Waals surface area contributed by atoms with Crippen LogP contribution in [0.1, 0.15) is 37.3 Å². The van der Waals surface area contributed by atoms with Gasteiger partial charge in [0.2, 0.25) is 0 Å². The molecule has 25 heavy (non-hydrogen) atoms. The second kappa shape index (κ2) is 6.48. The summed E-state index contributed by atoms with van der Waals surface area (Å²) in [6.07, 6.45) is 3.60. The van der Waals surface area contributed by atoms with Crippen LogP contribution in [0.15, 0.2) is 56.0 Å². The molecule has 1 atom stereocenters. The quantitative estimate of drug-likeness (QED) is 0.692. The van der Waals surface area contributed by atoms with Crippen molar-refractivity contribution >= 4 is 15.4 Å². The van der Waals surface area contributed by atoms with Crippen molar-refractivity contribution in [3.63, 3.8) is 0 Å². The summed E-state index contributed by atoms with van der Waals surface area (Å²) in [5.74, 6) is 3.05. The molecule has 4 rings (SSSR count). The van der Waals surface area contributed by atoms with E-state index in [9.17, 15) is 4.21 Å². The van der Waals surface area contributed by atoms with E-state index in [1.165, 1.54) is 0 Å². The van der Waals surface area contributed by atoms with E-state index in [1.807, 2.05) is 43.3 Å². The summed E-state index contributed by atoms with van der Waals surface area (Å²) in [5, 5.41) is 4.06. The van der Waals surface area contributed by atoms with Crippen molar-refractivity contribution in [3.8, 4) is 11.5 Å². The molecule has 1 fully saturated rings. The van der Waals surface area contributed by atoms with Gasteiger partial charge in [-0.3, -0.25) is 0 Å². The standard InChI is InChI=1S/C18H19N3O3S/c1-13(16-8-5-9-23-16)17-19-18(24-20-17)14-6-4-7-15(12-14)21-25(22)10-2-3-11-25/h4-9,12-13H,2-3,10-11H2,1H3. The number of benzene rings is 1. The second-order valence-corrected chi connectivity index (χ2v) is 8.77. The Kier molecular flexibility index (Phi) is 4.17. The van der Waals surface area contributed by atoms with E-state index in [2.05, 4.69) is 14.5 Å². The fourth-order valence-corrected chi connectivity index (χ4v) is 5.12. The number of hydrogen-bond donors (Lipinski definition) is 0. The van der Waals surface area contributed by atoms with Gasteiger partial charge >= 0.3 is 0 Å². The lowest BCUT2D eigenvalue weighted by molar-refractivity contribution is 0.413. The van der Waals surface area contributed by atoms with Crippen LogP contribution in [-0.2, 0) is 9.73 Å². The van der Waals surface area contributed by atoms with Gasteiger partial charge < -0.3 is 8.94 Å². The highest BCUT2D eigenvalue weighted by Gasteiger charge is 2.19. The zero-order valence-corrected chi connectivity index (χ0v) is 14.7. The third kappa shape index (κ3) is 3.37. The lowest BCUT2D eigenvalue weighted by Gasteiger charge is -2.02. The zero-order chi connectivity index (χ0) is 17.3. The summed E-state index contributed by atoms with van der Waals surface area (Å²) in [6.45, 7) is 1.96. The number of rotatable bonds is 4. The van der Waals surface area contributed by atoms with Gasteiger partial charge in [0, 0.05) is 17.1 Å². The Morgan fingerprint density at radius 1 is 1.20 bits per heavy atom. The topological polar surface area (TPSA) is 81.5 Å². The predicted molar refractivity (Wildman–Crippen MR) is 95.2 cm³/mol. The lowest BCUT2D eigenvalue weighted by atomic mass is 10.1. The molecule has 0 N–H and O–H groups in total. The number of hydrogen-bond acceptors (Lipinski definition) is 6. The van der Waals surface area contributed by atoms with Crippen molar-refractivity contribution in [1.29, 1.82) is 0 Å². The number of aromatic nitrogens is 2. The Morgan fingerprint density at radius 3 is 2.80 bits per heavy atom. The van der Waals surface area contributed by atoms with Crippen LogP contribution in [0.5, 0.6) is 0 Å². The van der Waals surface area contributed by atoms with E-state index in [0.29, 0.717) is 28.9 Å². The largest absolute Gasteiger partial charge is 0.469 e. The van der Waals surface area contributed by atoms with E-state index in [4.69, 9.17) is 8.94 Å². The Morgan fingerprint density at radius 2 is 2.04 bits per heavy atom. The molecule has 7 heteroatoms. The van der Waals surface area contributed by atoms with E-state index < -0.39 is 9.73 Å². The highest BCUT2D eigenvalue weighted by molar-refractivity contribution is 7.93. The third-order valence-corrected chi connectivity index (χ3v) is 6.74. The summed E-state index contributed by atoms with van der Waals surface area (Å²) in [7, 11) is -2.10. The molecule has 0 saturated carbocycles. The normalized spacial score (nSPS) is 17.5. The van der Waals surface area contributed by atoms with Gasteiger partial charge in [-0.2, -0.15) is 9.35 Å². The van der Waals surface area contributed by atoms with Crippen molar-refractivity contribution in [2.24, 2.45) is 4.36 Å². The van der Waals surface area contributed by atoms with Crippen molar-refractivity contribution in [1.82, 2.24) is 10.1 Å². The van der Waals surface area contributed by atoms with Crippen molar-refractivity contribution in [2.75, 3.05) is 11.5 Å². The van der Waals surface area contributed by atoms with Crippen LogP contribution in [0.25, 0.3) is 11.5 Å². The van der Waals surface area contributed by atoms with Gasteiger partial charge in [-0.1, -0.05) is 11.2 Å². The molecule has 6 nitrogen and oxygen atoms in total. The van der Waals surface area contributed by atoms with Gasteiger partial charge in [0.25, 0.3) is 5.89 Å². The predicted octanol–water partition coefficient (Wildman–Crippen LogP) is 4.37. The van der Waals surface area contributed by atoms with E-state index in [1.54, 1.807) is 6.26 Å².